The molecule has 6 nitrogen and oxygen atoms in total. The largest absolute Gasteiger partial charge is 0.350 e. The molecule has 0 fully saturated rings. The summed E-state index contributed by atoms with van der Waals surface area (Å²) >= 11 is 0. The van der Waals surface area contributed by atoms with Gasteiger partial charge in [0.2, 0.25) is 0 Å². The molecule has 0 spiro atoms. The van der Waals surface area contributed by atoms with E-state index in [4.69, 9.17) is 5.73 Å². The molecule has 1 aromatic rings. The molecule has 0 bridgehead atoms. The van der Waals surface area contributed by atoms with Gasteiger partial charge in [0.25, 0.3) is 5.69 Å². The van der Waals surface area contributed by atoms with Crippen LogP contribution in [0.3, 0.4) is 0 Å². The van der Waals surface area contributed by atoms with Gasteiger partial charge in [-0.25, -0.2) is 9.79 Å². The van der Waals surface area contributed by atoms with Gasteiger partial charge in [0, 0.05) is 18.3 Å². The molecule has 0 aliphatic rings. The first-order valence-electron chi connectivity index (χ1n) is 3.67. The van der Waals surface area contributed by atoms with Crippen LogP contribution < -0.4 is 5.73 Å². The third kappa shape index (κ3) is 2.67. The number of nitrogens with two attached hydrogens (primary N) is 1. The molecule has 0 heterocycles. The van der Waals surface area contributed by atoms with Crippen molar-refractivity contribution in [3.05, 3.63) is 39.9 Å². The number of carbonyl (C=O) groups excluding carboxylic acids is 1. The normalized spacial score (nSPS) is 10.3. The number of hydrogen-bond donors (Lipinski definition) is 1. The number of amides is 2. The lowest BCUT2D eigenvalue weighted by molar-refractivity contribution is -0.384. The predicted molar refractivity (Wildman–Crippen MR) is 50.3 cm³/mol. The van der Waals surface area contributed by atoms with Crippen LogP contribution in [0.1, 0.15) is 5.56 Å². The number of rotatable bonds is 2. The molecule has 1 rings (SSSR count). The van der Waals surface area contributed by atoms with E-state index in [-0.39, 0.29) is 5.69 Å². The molecule has 6 heteroatoms. The monoisotopic (exact) mass is 193 g/mol. The molecule has 72 valence electrons. The average molecular weight is 193 g/mol. The highest BCUT2D eigenvalue weighted by Gasteiger charge is 2.02. The highest BCUT2D eigenvalue weighted by molar-refractivity contribution is 5.90. The SMILES string of the molecule is NC(=O)/N=C\c1ccc([N+](=O)[O-])cc1. The van der Waals surface area contributed by atoms with Crippen LogP contribution in [0.5, 0.6) is 0 Å². The maximum atomic E-state index is 10.3. The fourth-order valence-electron chi connectivity index (χ4n) is 0.820. The molecule has 0 radical (unpaired) electrons. The summed E-state index contributed by atoms with van der Waals surface area (Å²) in [6.45, 7) is 0. The van der Waals surface area contributed by atoms with Crippen LogP contribution in [0.4, 0.5) is 10.5 Å². The van der Waals surface area contributed by atoms with E-state index in [0.29, 0.717) is 5.56 Å². The van der Waals surface area contributed by atoms with Crippen molar-refractivity contribution in [1.82, 2.24) is 0 Å². The minimum Gasteiger partial charge on any atom is -0.350 e. The van der Waals surface area contributed by atoms with Gasteiger partial charge in [0.05, 0.1) is 4.92 Å². The van der Waals surface area contributed by atoms with Crippen molar-refractivity contribution in [2.45, 2.75) is 0 Å². The minimum atomic E-state index is -0.802. The summed E-state index contributed by atoms with van der Waals surface area (Å²) in [5, 5.41) is 10.3. The summed E-state index contributed by atoms with van der Waals surface area (Å²) in [6, 6.07) is 4.79. The molecular formula is C8H7N3O3. The second-order valence-corrected chi connectivity index (χ2v) is 2.45. The topological polar surface area (TPSA) is 98.6 Å². The van der Waals surface area contributed by atoms with Crippen LogP contribution in [-0.4, -0.2) is 17.2 Å². The Kier molecular flexibility index (Phi) is 2.90. The molecule has 0 aromatic heterocycles. The van der Waals surface area contributed by atoms with Crippen LogP contribution in [0.25, 0.3) is 0 Å². The van der Waals surface area contributed by atoms with E-state index in [9.17, 15) is 14.9 Å². The summed E-state index contributed by atoms with van der Waals surface area (Å²) in [5.41, 5.74) is 5.34. The number of nitro benzene ring substituents is 1. The zero-order chi connectivity index (χ0) is 10.6. The smallest absolute Gasteiger partial charge is 0.338 e. The Balaban J connectivity index is 2.83. The van der Waals surface area contributed by atoms with Crippen LogP contribution >= 0.6 is 0 Å². The molecule has 2 amide bonds. The number of nitrogens with zero attached hydrogens (tertiary/aromatic N) is 2. The van der Waals surface area contributed by atoms with Crippen molar-refractivity contribution >= 4 is 17.9 Å². The highest BCUT2D eigenvalue weighted by atomic mass is 16.6. The third-order valence-electron chi connectivity index (χ3n) is 1.44. The number of nitro groups is 1. The fourth-order valence-corrected chi connectivity index (χ4v) is 0.820. The third-order valence-corrected chi connectivity index (χ3v) is 1.44. The van der Waals surface area contributed by atoms with Gasteiger partial charge >= 0.3 is 6.03 Å². The second-order valence-electron chi connectivity index (χ2n) is 2.45. The molecule has 14 heavy (non-hydrogen) atoms. The molecule has 0 aliphatic carbocycles. The van der Waals surface area contributed by atoms with Crippen LogP contribution in [0.2, 0.25) is 0 Å². The van der Waals surface area contributed by atoms with Gasteiger partial charge in [0.15, 0.2) is 0 Å². The van der Waals surface area contributed by atoms with Gasteiger partial charge in [-0.3, -0.25) is 10.1 Å². The van der Waals surface area contributed by atoms with Crippen molar-refractivity contribution in [2.24, 2.45) is 10.7 Å². The van der Waals surface area contributed by atoms with Gasteiger partial charge < -0.3 is 5.73 Å². The number of primary amides is 1. The molecular weight excluding hydrogens is 186 g/mol. The number of carbonyl (C=O) groups is 1. The summed E-state index contributed by atoms with van der Waals surface area (Å²) in [6.07, 6.45) is 1.24. The molecule has 0 unspecified atom stereocenters. The Morgan fingerprint density at radius 1 is 1.43 bits per heavy atom. The number of non-ortho nitro benzene ring substituents is 1. The number of benzene rings is 1. The second kappa shape index (κ2) is 4.13. The lowest BCUT2D eigenvalue weighted by Gasteiger charge is -1.91. The first kappa shape index (κ1) is 9.85. The first-order valence-corrected chi connectivity index (χ1v) is 3.67. The number of hydrogen-bond acceptors (Lipinski definition) is 3. The Bertz CT molecular complexity index is 383. The zero-order valence-electron chi connectivity index (χ0n) is 7.08. The number of aliphatic imine (C=N–C) groups is 1. The Hall–Kier alpha value is -2.24. The van der Waals surface area contributed by atoms with Gasteiger partial charge in [-0.05, 0) is 17.7 Å². The standard InChI is InChI=1S/C8H7N3O3/c9-8(12)10-5-6-1-3-7(4-2-6)11(13)14/h1-5H,(H2,9,12)/b10-5-. The van der Waals surface area contributed by atoms with Gasteiger partial charge in [-0.2, -0.15) is 0 Å². The van der Waals surface area contributed by atoms with Crippen LogP contribution in [0.15, 0.2) is 29.3 Å². The predicted octanol–water partition coefficient (Wildman–Crippen LogP) is 1.09. The Labute approximate surface area is 79.2 Å². The minimum absolute atomic E-state index is 0.0128. The van der Waals surface area contributed by atoms with E-state index >= 15 is 0 Å². The Morgan fingerprint density at radius 2 is 2.00 bits per heavy atom. The summed E-state index contributed by atoms with van der Waals surface area (Å²) in [7, 11) is 0. The zero-order valence-corrected chi connectivity index (χ0v) is 7.08. The molecule has 0 atom stereocenters. The maximum absolute atomic E-state index is 10.3. The summed E-state index contributed by atoms with van der Waals surface area (Å²) in [4.78, 5) is 23.3. The van der Waals surface area contributed by atoms with E-state index in [2.05, 4.69) is 4.99 Å². The number of urea groups is 1. The summed E-state index contributed by atoms with van der Waals surface area (Å²) in [5.74, 6) is 0. The van der Waals surface area contributed by atoms with Crippen molar-refractivity contribution in [2.75, 3.05) is 0 Å². The molecule has 0 saturated heterocycles. The molecule has 1 aromatic carbocycles. The van der Waals surface area contributed by atoms with Crippen molar-refractivity contribution in [1.29, 1.82) is 0 Å². The average Bonchev–Trinajstić information content (AvgIpc) is 2.15. The quantitative estimate of drug-likeness (QED) is 0.432. The van der Waals surface area contributed by atoms with Gasteiger partial charge in [-0.15, -0.1) is 0 Å². The Morgan fingerprint density at radius 3 is 2.43 bits per heavy atom. The van der Waals surface area contributed by atoms with Crippen LogP contribution in [-0.2, 0) is 0 Å². The van der Waals surface area contributed by atoms with Crippen molar-refractivity contribution in [3.8, 4) is 0 Å². The summed E-state index contributed by atoms with van der Waals surface area (Å²) < 4.78 is 0. The van der Waals surface area contributed by atoms with E-state index < -0.39 is 11.0 Å². The lowest BCUT2D eigenvalue weighted by Crippen LogP contribution is -2.04. The molecule has 2 N–H and O–H groups in total. The van der Waals surface area contributed by atoms with Crippen molar-refractivity contribution in [3.63, 3.8) is 0 Å². The highest BCUT2D eigenvalue weighted by Crippen LogP contribution is 2.10. The van der Waals surface area contributed by atoms with Crippen molar-refractivity contribution < 1.29 is 9.72 Å². The molecule has 0 aliphatic heterocycles. The fraction of sp³-hybridized carbons (Fsp3) is 0. The van der Waals surface area contributed by atoms with Gasteiger partial charge in [0.1, 0.15) is 0 Å². The molecule has 0 saturated carbocycles. The maximum Gasteiger partial charge on any atom is 0.338 e. The van der Waals surface area contributed by atoms with E-state index in [0.717, 1.165) is 0 Å². The van der Waals surface area contributed by atoms with E-state index in [1.54, 1.807) is 0 Å². The van der Waals surface area contributed by atoms with Crippen LogP contribution in [0, 0.1) is 10.1 Å². The lowest BCUT2D eigenvalue weighted by atomic mass is 10.2. The van der Waals surface area contributed by atoms with E-state index in [1.807, 2.05) is 0 Å². The van der Waals surface area contributed by atoms with Gasteiger partial charge in [-0.1, -0.05) is 0 Å². The first-order chi connectivity index (χ1) is 6.59. The van der Waals surface area contributed by atoms with E-state index in [1.165, 1.54) is 30.5 Å².